The van der Waals surface area contributed by atoms with Crippen molar-refractivity contribution in [3.63, 3.8) is 0 Å². The maximum absolute atomic E-state index is 11.7. The number of benzene rings is 1. The summed E-state index contributed by atoms with van der Waals surface area (Å²) in [4.78, 5) is 11.7. The zero-order chi connectivity index (χ0) is 14.4. The van der Waals surface area contributed by atoms with Crippen LogP contribution < -0.4 is 0 Å². The Morgan fingerprint density at radius 1 is 1.19 bits per heavy atom. The smallest absolute Gasteiger partial charge is 0.331 e. The Hall–Kier alpha value is -2.24. The SMILES string of the molecule is O=C(O)C1(n2nnnc2-c2ccc3c(c2)CCC3)CCC1. The van der Waals surface area contributed by atoms with Crippen molar-refractivity contribution in [1.29, 1.82) is 0 Å². The molecule has 1 N–H and O–H groups in total. The summed E-state index contributed by atoms with van der Waals surface area (Å²) in [7, 11) is 0. The van der Waals surface area contributed by atoms with Crippen LogP contribution in [0.5, 0.6) is 0 Å². The number of hydrogen-bond donors (Lipinski definition) is 1. The van der Waals surface area contributed by atoms with E-state index in [2.05, 4.69) is 27.7 Å². The third-order valence-electron chi connectivity index (χ3n) is 4.81. The van der Waals surface area contributed by atoms with Gasteiger partial charge in [0.2, 0.25) is 0 Å². The maximum Gasteiger partial charge on any atom is 0.331 e. The topological polar surface area (TPSA) is 80.9 Å². The summed E-state index contributed by atoms with van der Waals surface area (Å²) in [6, 6.07) is 6.23. The van der Waals surface area contributed by atoms with Gasteiger partial charge in [0.25, 0.3) is 0 Å². The third kappa shape index (κ3) is 1.71. The summed E-state index contributed by atoms with van der Waals surface area (Å²) in [5.41, 5.74) is 2.67. The van der Waals surface area contributed by atoms with Gasteiger partial charge >= 0.3 is 5.97 Å². The van der Waals surface area contributed by atoms with E-state index in [9.17, 15) is 9.90 Å². The molecule has 1 fully saturated rings. The van der Waals surface area contributed by atoms with E-state index in [4.69, 9.17) is 0 Å². The molecule has 108 valence electrons. The number of tetrazole rings is 1. The summed E-state index contributed by atoms with van der Waals surface area (Å²) in [5.74, 6) is -0.282. The molecule has 0 aliphatic heterocycles. The summed E-state index contributed by atoms with van der Waals surface area (Å²) in [5, 5.41) is 21.3. The number of carbonyl (C=O) groups is 1. The highest BCUT2D eigenvalue weighted by molar-refractivity contribution is 5.78. The molecule has 0 unspecified atom stereocenters. The van der Waals surface area contributed by atoms with Crippen molar-refractivity contribution in [1.82, 2.24) is 20.2 Å². The lowest BCUT2D eigenvalue weighted by Crippen LogP contribution is -2.48. The highest BCUT2D eigenvalue weighted by Gasteiger charge is 2.49. The normalized spacial score (nSPS) is 19.0. The first-order valence-corrected chi connectivity index (χ1v) is 7.35. The van der Waals surface area contributed by atoms with Crippen LogP contribution in [-0.4, -0.2) is 31.3 Å². The Labute approximate surface area is 121 Å². The molecule has 6 heteroatoms. The van der Waals surface area contributed by atoms with Gasteiger partial charge in [-0.2, -0.15) is 0 Å². The highest BCUT2D eigenvalue weighted by atomic mass is 16.4. The van der Waals surface area contributed by atoms with E-state index in [1.807, 2.05) is 6.07 Å². The molecule has 0 saturated heterocycles. The number of carboxylic acids is 1. The number of fused-ring (bicyclic) bond motifs is 1. The molecule has 0 bridgehead atoms. The molecule has 1 saturated carbocycles. The van der Waals surface area contributed by atoms with Crippen molar-refractivity contribution >= 4 is 5.97 Å². The summed E-state index contributed by atoms with van der Waals surface area (Å²) in [6.45, 7) is 0. The first kappa shape index (κ1) is 12.5. The summed E-state index contributed by atoms with van der Waals surface area (Å²) < 4.78 is 1.51. The molecule has 1 heterocycles. The van der Waals surface area contributed by atoms with Crippen LogP contribution in [0.25, 0.3) is 11.4 Å². The number of carboxylic acid groups (broad SMARTS) is 1. The van der Waals surface area contributed by atoms with E-state index in [-0.39, 0.29) is 0 Å². The average Bonchev–Trinajstić information content (AvgIpc) is 3.04. The lowest BCUT2D eigenvalue weighted by Gasteiger charge is -2.37. The predicted molar refractivity (Wildman–Crippen MR) is 74.7 cm³/mol. The van der Waals surface area contributed by atoms with E-state index in [0.29, 0.717) is 18.7 Å². The number of hydrogen-bond acceptors (Lipinski definition) is 4. The molecule has 2 aromatic rings. The van der Waals surface area contributed by atoms with Gasteiger partial charge in [0.05, 0.1) is 0 Å². The fourth-order valence-corrected chi connectivity index (χ4v) is 3.39. The van der Waals surface area contributed by atoms with Gasteiger partial charge in [-0.15, -0.1) is 5.10 Å². The standard InChI is InChI=1S/C15H16N4O2/c20-14(21)15(7-2-8-15)19-13(16-17-18-19)12-6-5-10-3-1-4-11(10)9-12/h5-6,9H,1-4,7-8H2,(H,20,21). The molecule has 0 atom stereocenters. The van der Waals surface area contributed by atoms with Gasteiger partial charge in [-0.1, -0.05) is 12.1 Å². The van der Waals surface area contributed by atoms with E-state index in [1.54, 1.807) is 0 Å². The molecule has 0 radical (unpaired) electrons. The Kier molecular flexibility index (Phi) is 2.60. The fraction of sp³-hybridized carbons (Fsp3) is 0.467. The van der Waals surface area contributed by atoms with Crippen molar-refractivity contribution in [2.45, 2.75) is 44.1 Å². The van der Waals surface area contributed by atoms with E-state index >= 15 is 0 Å². The summed E-state index contributed by atoms with van der Waals surface area (Å²) >= 11 is 0. The predicted octanol–water partition coefficient (Wildman–Crippen LogP) is 1.79. The van der Waals surface area contributed by atoms with Crippen molar-refractivity contribution in [3.8, 4) is 11.4 Å². The second-order valence-electron chi connectivity index (χ2n) is 5.94. The first-order chi connectivity index (χ1) is 10.2. The lowest BCUT2D eigenvalue weighted by molar-refractivity contribution is -0.153. The van der Waals surface area contributed by atoms with Crippen LogP contribution in [-0.2, 0) is 23.2 Å². The molecule has 2 aliphatic carbocycles. The zero-order valence-electron chi connectivity index (χ0n) is 11.6. The number of aryl methyl sites for hydroxylation is 2. The highest BCUT2D eigenvalue weighted by Crippen LogP contribution is 2.41. The van der Waals surface area contributed by atoms with Gasteiger partial charge in [-0.3, -0.25) is 0 Å². The molecule has 4 rings (SSSR count). The van der Waals surface area contributed by atoms with Crippen molar-refractivity contribution in [2.75, 3.05) is 0 Å². The van der Waals surface area contributed by atoms with Crippen LogP contribution >= 0.6 is 0 Å². The third-order valence-corrected chi connectivity index (χ3v) is 4.81. The molecule has 2 aliphatic rings. The molecular formula is C15H16N4O2. The maximum atomic E-state index is 11.7. The second-order valence-corrected chi connectivity index (χ2v) is 5.94. The minimum Gasteiger partial charge on any atom is -0.479 e. The van der Waals surface area contributed by atoms with Gasteiger partial charge in [-0.25, -0.2) is 9.48 Å². The Bertz CT molecular complexity index is 718. The monoisotopic (exact) mass is 284 g/mol. The Morgan fingerprint density at radius 2 is 2.00 bits per heavy atom. The molecule has 6 nitrogen and oxygen atoms in total. The zero-order valence-corrected chi connectivity index (χ0v) is 11.6. The number of aliphatic carboxylic acids is 1. The van der Waals surface area contributed by atoms with Gasteiger partial charge in [0, 0.05) is 5.56 Å². The van der Waals surface area contributed by atoms with Crippen molar-refractivity contribution < 1.29 is 9.90 Å². The quantitative estimate of drug-likeness (QED) is 0.929. The van der Waals surface area contributed by atoms with Gasteiger partial charge in [0.15, 0.2) is 11.4 Å². The number of rotatable bonds is 3. The largest absolute Gasteiger partial charge is 0.479 e. The van der Waals surface area contributed by atoms with Gasteiger partial charge < -0.3 is 5.11 Å². The molecule has 1 aromatic heterocycles. The average molecular weight is 284 g/mol. The van der Waals surface area contributed by atoms with Gasteiger partial charge in [0.1, 0.15) is 0 Å². The first-order valence-electron chi connectivity index (χ1n) is 7.35. The molecule has 1 aromatic carbocycles. The van der Waals surface area contributed by atoms with Crippen LogP contribution in [0.3, 0.4) is 0 Å². The Morgan fingerprint density at radius 3 is 2.71 bits per heavy atom. The van der Waals surface area contributed by atoms with E-state index in [0.717, 1.165) is 24.8 Å². The molecular weight excluding hydrogens is 268 g/mol. The number of nitrogens with zero attached hydrogens (tertiary/aromatic N) is 4. The minimum absolute atomic E-state index is 0.562. The van der Waals surface area contributed by atoms with Crippen molar-refractivity contribution in [2.24, 2.45) is 0 Å². The van der Waals surface area contributed by atoms with E-state index < -0.39 is 11.5 Å². The molecule has 0 amide bonds. The summed E-state index contributed by atoms with van der Waals surface area (Å²) in [6.07, 6.45) is 5.46. The van der Waals surface area contributed by atoms with Crippen LogP contribution in [0, 0.1) is 0 Å². The van der Waals surface area contributed by atoms with Crippen LogP contribution in [0.15, 0.2) is 18.2 Å². The number of aromatic nitrogens is 4. The van der Waals surface area contributed by atoms with Crippen LogP contribution in [0.4, 0.5) is 0 Å². The molecule has 21 heavy (non-hydrogen) atoms. The Balaban J connectivity index is 1.81. The fourth-order valence-electron chi connectivity index (χ4n) is 3.39. The minimum atomic E-state index is -0.960. The lowest BCUT2D eigenvalue weighted by atomic mass is 9.76. The second kappa shape index (κ2) is 4.38. The van der Waals surface area contributed by atoms with Crippen LogP contribution in [0.2, 0.25) is 0 Å². The molecule has 0 spiro atoms. The van der Waals surface area contributed by atoms with E-state index in [1.165, 1.54) is 22.2 Å². The van der Waals surface area contributed by atoms with Crippen molar-refractivity contribution in [3.05, 3.63) is 29.3 Å². The van der Waals surface area contributed by atoms with Crippen LogP contribution in [0.1, 0.15) is 36.8 Å². The van der Waals surface area contributed by atoms with Gasteiger partial charge in [-0.05, 0) is 66.1 Å².